The first-order valence-electron chi connectivity index (χ1n) is 10.4. The molecular weight excluding hydrogens is 388 g/mol. The lowest BCUT2D eigenvalue weighted by Gasteiger charge is -2.32. The lowest BCUT2D eigenvalue weighted by atomic mass is 10.1. The predicted molar refractivity (Wildman–Crippen MR) is 120 cm³/mol. The number of aromatic nitrogens is 3. The summed E-state index contributed by atoms with van der Waals surface area (Å²) < 4.78 is 11.4. The second-order valence-corrected chi connectivity index (χ2v) is 7.64. The van der Waals surface area contributed by atoms with Gasteiger partial charge >= 0.3 is 0 Å². The molecule has 0 N–H and O–H groups in total. The van der Waals surface area contributed by atoms with E-state index in [-0.39, 0.29) is 6.10 Å². The van der Waals surface area contributed by atoms with Crippen molar-refractivity contribution in [2.24, 2.45) is 0 Å². The van der Waals surface area contributed by atoms with Crippen LogP contribution in [0, 0.1) is 0 Å². The number of ether oxygens (including phenoxy) is 2. The lowest BCUT2D eigenvalue weighted by Crippen LogP contribution is -2.38. The molecule has 1 aliphatic heterocycles. The first kappa shape index (κ1) is 19.6. The summed E-state index contributed by atoms with van der Waals surface area (Å²) in [7, 11) is 1.66. The van der Waals surface area contributed by atoms with Crippen LogP contribution in [0.5, 0.6) is 5.75 Å². The number of hydrogen-bond acceptors (Lipinski definition) is 6. The molecule has 1 aliphatic rings. The van der Waals surface area contributed by atoms with Gasteiger partial charge in [0.25, 0.3) is 0 Å². The Kier molecular flexibility index (Phi) is 5.56. The van der Waals surface area contributed by atoms with Crippen molar-refractivity contribution in [2.45, 2.75) is 12.6 Å². The van der Waals surface area contributed by atoms with Gasteiger partial charge in [0.15, 0.2) is 0 Å². The van der Waals surface area contributed by atoms with Crippen LogP contribution >= 0.6 is 0 Å². The molecule has 3 heterocycles. The Bertz CT molecular complexity index is 1190. The molecular formula is C25H24N4O2. The highest BCUT2D eigenvalue weighted by atomic mass is 16.5. The minimum absolute atomic E-state index is 0.111. The standard InChI is InChI=1S/C25H24N4O2/c1-30-20-7-2-5-18(13-20)23-14-26-15-24(28-23)25-17-29(11-12-31-25)16-19-6-3-9-22-21(19)8-4-10-27-22/h2-10,13-15,25H,11-12,16-17H2,1H3. The van der Waals surface area contributed by atoms with Gasteiger partial charge in [-0.3, -0.25) is 14.9 Å². The third kappa shape index (κ3) is 4.26. The molecule has 1 unspecified atom stereocenters. The van der Waals surface area contributed by atoms with Crippen molar-refractivity contribution in [3.63, 3.8) is 0 Å². The SMILES string of the molecule is COc1cccc(-c2cncc(C3CN(Cc4cccc5ncccc45)CCO3)n2)c1. The average Bonchev–Trinajstić information content (AvgIpc) is 2.85. The summed E-state index contributed by atoms with van der Waals surface area (Å²) in [4.78, 5) is 16.2. The van der Waals surface area contributed by atoms with Gasteiger partial charge in [-0.2, -0.15) is 0 Å². The second-order valence-electron chi connectivity index (χ2n) is 7.64. The van der Waals surface area contributed by atoms with Gasteiger partial charge in [-0.1, -0.05) is 30.3 Å². The van der Waals surface area contributed by atoms with Crippen LogP contribution in [0.1, 0.15) is 17.4 Å². The molecule has 0 radical (unpaired) electrons. The molecule has 2 aromatic carbocycles. The third-order valence-electron chi connectivity index (χ3n) is 5.63. The average molecular weight is 412 g/mol. The van der Waals surface area contributed by atoms with Crippen molar-refractivity contribution >= 4 is 10.9 Å². The van der Waals surface area contributed by atoms with Crippen molar-refractivity contribution < 1.29 is 9.47 Å². The molecule has 2 aromatic heterocycles. The summed E-state index contributed by atoms with van der Waals surface area (Å²) in [5, 5.41) is 1.20. The van der Waals surface area contributed by atoms with E-state index in [4.69, 9.17) is 14.5 Å². The van der Waals surface area contributed by atoms with Gasteiger partial charge in [0.2, 0.25) is 0 Å². The highest BCUT2D eigenvalue weighted by Crippen LogP contribution is 2.27. The Hall–Kier alpha value is -3.35. The molecule has 1 fully saturated rings. The van der Waals surface area contributed by atoms with Crippen LogP contribution in [0.4, 0.5) is 0 Å². The first-order valence-corrected chi connectivity index (χ1v) is 10.4. The van der Waals surface area contributed by atoms with Crippen LogP contribution in [-0.2, 0) is 11.3 Å². The molecule has 1 atom stereocenters. The van der Waals surface area contributed by atoms with E-state index in [9.17, 15) is 0 Å². The number of morpholine rings is 1. The number of rotatable bonds is 5. The van der Waals surface area contributed by atoms with E-state index in [2.05, 4.69) is 39.1 Å². The van der Waals surface area contributed by atoms with Crippen LogP contribution in [-0.4, -0.2) is 46.7 Å². The van der Waals surface area contributed by atoms with Crippen molar-refractivity contribution in [3.05, 3.63) is 84.4 Å². The molecule has 6 nitrogen and oxygen atoms in total. The van der Waals surface area contributed by atoms with Crippen LogP contribution in [0.3, 0.4) is 0 Å². The number of benzene rings is 2. The number of pyridine rings is 1. The maximum Gasteiger partial charge on any atom is 0.119 e. The maximum absolute atomic E-state index is 6.07. The quantitative estimate of drug-likeness (QED) is 0.488. The Morgan fingerprint density at radius 2 is 2.03 bits per heavy atom. The van der Waals surface area contributed by atoms with E-state index < -0.39 is 0 Å². The van der Waals surface area contributed by atoms with E-state index in [1.807, 2.05) is 36.5 Å². The molecule has 4 aromatic rings. The molecule has 0 saturated carbocycles. The fraction of sp³-hybridized carbons (Fsp3) is 0.240. The normalized spacial score (nSPS) is 17.0. The Labute approximate surface area is 181 Å². The van der Waals surface area contributed by atoms with Gasteiger partial charge in [0.05, 0.1) is 43.0 Å². The lowest BCUT2D eigenvalue weighted by molar-refractivity contribution is -0.0349. The van der Waals surface area contributed by atoms with Crippen LogP contribution in [0.2, 0.25) is 0 Å². The molecule has 5 rings (SSSR count). The van der Waals surface area contributed by atoms with Gasteiger partial charge < -0.3 is 9.47 Å². The van der Waals surface area contributed by atoms with Gasteiger partial charge in [-0.15, -0.1) is 0 Å². The van der Waals surface area contributed by atoms with Crippen LogP contribution < -0.4 is 4.74 Å². The molecule has 156 valence electrons. The van der Waals surface area contributed by atoms with E-state index in [1.165, 1.54) is 10.9 Å². The summed E-state index contributed by atoms with van der Waals surface area (Å²) in [5.41, 5.74) is 4.95. The number of fused-ring (bicyclic) bond motifs is 1. The number of methoxy groups -OCH3 is 1. The highest BCUT2D eigenvalue weighted by Gasteiger charge is 2.24. The zero-order valence-electron chi connectivity index (χ0n) is 17.4. The van der Waals surface area contributed by atoms with E-state index in [0.717, 1.165) is 47.9 Å². The zero-order valence-corrected chi connectivity index (χ0v) is 17.4. The molecule has 1 saturated heterocycles. The van der Waals surface area contributed by atoms with Crippen molar-refractivity contribution in [2.75, 3.05) is 26.8 Å². The van der Waals surface area contributed by atoms with Crippen molar-refractivity contribution in [1.82, 2.24) is 19.9 Å². The molecule has 31 heavy (non-hydrogen) atoms. The fourth-order valence-corrected chi connectivity index (χ4v) is 4.03. The topological polar surface area (TPSA) is 60.4 Å². The van der Waals surface area contributed by atoms with Gasteiger partial charge in [0, 0.05) is 36.8 Å². The minimum atomic E-state index is -0.111. The molecule has 6 heteroatoms. The van der Waals surface area contributed by atoms with Crippen LogP contribution in [0.15, 0.2) is 73.2 Å². The second kappa shape index (κ2) is 8.79. The summed E-state index contributed by atoms with van der Waals surface area (Å²) in [6.07, 6.45) is 5.31. The Morgan fingerprint density at radius 3 is 2.97 bits per heavy atom. The third-order valence-corrected chi connectivity index (χ3v) is 5.63. The van der Waals surface area contributed by atoms with Gasteiger partial charge in [-0.05, 0) is 29.8 Å². The monoisotopic (exact) mass is 412 g/mol. The smallest absolute Gasteiger partial charge is 0.119 e. The van der Waals surface area contributed by atoms with E-state index >= 15 is 0 Å². The number of nitrogens with zero attached hydrogens (tertiary/aromatic N) is 4. The largest absolute Gasteiger partial charge is 0.497 e. The summed E-state index contributed by atoms with van der Waals surface area (Å²) in [6.45, 7) is 3.17. The fourth-order valence-electron chi connectivity index (χ4n) is 4.03. The summed E-state index contributed by atoms with van der Waals surface area (Å²) >= 11 is 0. The van der Waals surface area contributed by atoms with Crippen molar-refractivity contribution in [3.8, 4) is 17.0 Å². The molecule has 0 spiro atoms. The van der Waals surface area contributed by atoms with E-state index in [0.29, 0.717) is 6.61 Å². The minimum Gasteiger partial charge on any atom is -0.497 e. The van der Waals surface area contributed by atoms with Crippen LogP contribution in [0.25, 0.3) is 22.2 Å². The Morgan fingerprint density at radius 1 is 1.10 bits per heavy atom. The summed E-state index contributed by atoms with van der Waals surface area (Å²) in [6, 6.07) is 18.3. The summed E-state index contributed by atoms with van der Waals surface area (Å²) in [5.74, 6) is 0.800. The van der Waals surface area contributed by atoms with Gasteiger partial charge in [0.1, 0.15) is 11.9 Å². The van der Waals surface area contributed by atoms with E-state index in [1.54, 1.807) is 19.5 Å². The molecule has 0 aliphatic carbocycles. The van der Waals surface area contributed by atoms with Gasteiger partial charge in [-0.25, -0.2) is 4.98 Å². The Balaban J connectivity index is 1.36. The molecule has 0 amide bonds. The zero-order chi connectivity index (χ0) is 21.0. The number of hydrogen-bond donors (Lipinski definition) is 0. The predicted octanol–water partition coefficient (Wildman–Crippen LogP) is 4.27. The molecule has 0 bridgehead atoms. The highest BCUT2D eigenvalue weighted by molar-refractivity contribution is 5.81. The first-order chi connectivity index (χ1) is 15.3. The maximum atomic E-state index is 6.07. The van der Waals surface area contributed by atoms with Crippen molar-refractivity contribution in [1.29, 1.82) is 0 Å².